The van der Waals surface area contributed by atoms with Crippen molar-refractivity contribution < 1.29 is 9.90 Å². The second-order valence-corrected chi connectivity index (χ2v) is 9.13. The second-order valence-electron chi connectivity index (χ2n) is 9.13. The van der Waals surface area contributed by atoms with Crippen LogP contribution < -0.4 is 0 Å². The van der Waals surface area contributed by atoms with Crippen molar-refractivity contribution in [1.82, 2.24) is 0 Å². The van der Waals surface area contributed by atoms with Crippen LogP contribution in [0.1, 0.15) is 58.8 Å². The minimum Gasteiger partial charge on any atom is -0.377 e. The number of hydrogen-bond donors (Lipinski definition) is 1. The molecule has 4 rings (SSSR count). The average molecular weight is 324 g/mol. The maximum absolute atomic E-state index is 12.0. The molecule has 0 aliphatic heterocycles. The van der Waals surface area contributed by atoms with Gasteiger partial charge in [-0.2, -0.15) is 0 Å². The zero-order chi connectivity index (χ0) is 17.3. The fourth-order valence-corrected chi connectivity index (χ4v) is 6.82. The van der Waals surface area contributed by atoms with E-state index in [0.29, 0.717) is 24.2 Å². The van der Waals surface area contributed by atoms with Crippen molar-refractivity contribution in [3.63, 3.8) is 0 Å². The Hall–Kier alpha value is -1.33. The Morgan fingerprint density at radius 3 is 2.67 bits per heavy atom. The van der Waals surface area contributed by atoms with Gasteiger partial charge in [0.2, 0.25) is 0 Å². The molecule has 0 spiro atoms. The van der Waals surface area contributed by atoms with Crippen molar-refractivity contribution in [3.05, 3.63) is 23.8 Å². The molecule has 0 heterocycles. The minimum atomic E-state index is -0.955. The van der Waals surface area contributed by atoms with Crippen LogP contribution in [0.3, 0.4) is 0 Å². The molecule has 2 heteroatoms. The van der Waals surface area contributed by atoms with E-state index in [4.69, 9.17) is 6.42 Å². The molecule has 1 N–H and O–H groups in total. The van der Waals surface area contributed by atoms with E-state index < -0.39 is 5.60 Å². The number of carbonyl (C=O) groups is 1. The van der Waals surface area contributed by atoms with Crippen LogP contribution in [0.5, 0.6) is 0 Å². The zero-order valence-electron chi connectivity index (χ0n) is 14.9. The van der Waals surface area contributed by atoms with Gasteiger partial charge in [-0.1, -0.05) is 31.9 Å². The lowest BCUT2D eigenvalue weighted by Crippen LogP contribution is -2.54. The minimum absolute atomic E-state index is 0.0755. The van der Waals surface area contributed by atoms with E-state index in [2.05, 4.69) is 26.3 Å². The molecule has 0 saturated heterocycles. The van der Waals surface area contributed by atoms with Crippen LogP contribution in [0.15, 0.2) is 23.8 Å². The molecule has 4 aliphatic rings. The standard InChI is InChI=1S/C22H28O2/c1-5-22(24)11-8-18-16-12-14(2)19-13-15(23)6-9-20(19,3)17(16)7-10-21(18,22)4/h1,13,16-18,24H,2,6-12H2,3-4H3/t16-,17+,18+,20-,21+,22+/m1/s1. The summed E-state index contributed by atoms with van der Waals surface area (Å²) in [5, 5.41) is 11.0. The predicted molar refractivity (Wildman–Crippen MR) is 95.0 cm³/mol. The summed E-state index contributed by atoms with van der Waals surface area (Å²) >= 11 is 0. The molecule has 0 amide bonds. The van der Waals surface area contributed by atoms with Gasteiger partial charge in [0, 0.05) is 11.8 Å². The third-order valence-corrected chi connectivity index (χ3v) is 8.32. The van der Waals surface area contributed by atoms with E-state index in [1.54, 1.807) is 0 Å². The molecule has 0 aromatic carbocycles. The molecule has 3 fully saturated rings. The Balaban J connectivity index is 1.75. The summed E-state index contributed by atoms with van der Waals surface area (Å²) in [6, 6.07) is 0. The van der Waals surface area contributed by atoms with Gasteiger partial charge in [-0.05, 0) is 73.3 Å². The largest absolute Gasteiger partial charge is 0.377 e. The summed E-state index contributed by atoms with van der Waals surface area (Å²) in [6.07, 6.45) is 14.0. The Bertz CT molecular complexity index is 695. The molecular weight excluding hydrogens is 296 g/mol. The number of allylic oxidation sites excluding steroid dienone is 2. The van der Waals surface area contributed by atoms with Gasteiger partial charge in [-0.25, -0.2) is 0 Å². The highest BCUT2D eigenvalue weighted by molar-refractivity contribution is 5.92. The Morgan fingerprint density at radius 1 is 1.25 bits per heavy atom. The first kappa shape index (κ1) is 16.2. The third kappa shape index (κ3) is 1.80. The van der Waals surface area contributed by atoms with E-state index in [9.17, 15) is 9.90 Å². The lowest BCUT2D eigenvalue weighted by atomic mass is 9.46. The summed E-state index contributed by atoms with van der Waals surface area (Å²) in [5.74, 6) is 4.57. The zero-order valence-corrected chi connectivity index (χ0v) is 14.9. The number of fused-ring (bicyclic) bond motifs is 5. The lowest BCUT2D eigenvalue weighted by Gasteiger charge is -2.59. The van der Waals surface area contributed by atoms with Crippen molar-refractivity contribution in [3.8, 4) is 12.3 Å². The first-order valence-electron chi connectivity index (χ1n) is 9.38. The molecule has 6 atom stereocenters. The Morgan fingerprint density at radius 2 is 1.96 bits per heavy atom. The topological polar surface area (TPSA) is 37.3 Å². The van der Waals surface area contributed by atoms with Gasteiger partial charge in [-0.15, -0.1) is 6.42 Å². The second kappa shape index (κ2) is 4.85. The number of ketones is 1. The Labute approximate surface area is 145 Å². The average Bonchev–Trinajstić information content (AvgIpc) is 2.82. The van der Waals surface area contributed by atoms with E-state index in [-0.39, 0.29) is 16.6 Å². The number of aliphatic hydroxyl groups is 1. The summed E-state index contributed by atoms with van der Waals surface area (Å²) in [4.78, 5) is 12.0. The normalized spacial score (nSPS) is 50.4. The molecule has 4 aliphatic carbocycles. The molecule has 3 saturated carbocycles. The monoisotopic (exact) mass is 324 g/mol. The van der Waals surface area contributed by atoms with Crippen molar-refractivity contribution in [2.75, 3.05) is 0 Å². The van der Waals surface area contributed by atoms with E-state index in [1.165, 1.54) is 5.57 Å². The quantitative estimate of drug-likeness (QED) is 0.683. The van der Waals surface area contributed by atoms with Crippen LogP contribution in [-0.4, -0.2) is 16.5 Å². The maximum atomic E-state index is 12.0. The van der Waals surface area contributed by atoms with Crippen LogP contribution in [0.4, 0.5) is 0 Å². The summed E-state index contributed by atoms with van der Waals surface area (Å²) in [6.45, 7) is 8.89. The molecule has 128 valence electrons. The third-order valence-electron chi connectivity index (χ3n) is 8.32. The van der Waals surface area contributed by atoms with E-state index >= 15 is 0 Å². The van der Waals surface area contributed by atoms with Gasteiger partial charge in [0.15, 0.2) is 5.78 Å². The van der Waals surface area contributed by atoms with E-state index in [0.717, 1.165) is 44.1 Å². The molecule has 24 heavy (non-hydrogen) atoms. The number of carbonyl (C=O) groups excluding carboxylic acids is 1. The highest BCUT2D eigenvalue weighted by Gasteiger charge is 2.63. The molecule has 2 nitrogen and oxygen atoms in total. The Kier molecular flexibility index (Phi) is 3.27. The lowest BCUT2D eigenvalue weighted by molar-refractivity contribution is -0.118. The first-order valence-corrected chi connectivity index (χ1v) is 9.38. The first-order chi connectivity index (χ1) is 11.2. The van der Waals surface area contributed by atoms with Crippen molar-refractivity contribution in [1.29, 1.82) is 0 Å². The number of terminal acetylenes is 1. The summed E-state index contributed by atoms with van der Waals surface area (Å²) < 4.78 is 0. The van der Waals surface area contributed by atoms with Crippen molar-refractivity contribution in [2.45, 2.75) is 64.4 Å². The fourth-order valence-electron chi connectivity index (χ4n) is 6.82. The molecule has 0 aromatic heterocycles. The number of hydrogen-bond acceptors (Lipinski definition) is 2. The van der Waals surface area contributed by atoms with Crippen molar-refractivity contribution in [2.24, 2.45) is 28.6 Å². The van der Waals surface area contributed by atoms with Gasteiger partial charge in [0.1, 0.15) is 5.60 Å². The van der Waals surface area contributed by atoms with Crippen LogP contribution in [0.25, 0.3) is 0 Å². The smallest absolute Gasteiger partial charge is 0.156 e. The van der Waals surface area contributed by atoms with Gasteiger partial charge >= 0.3 is 0 Å². The highest BCUT2D eigenvalue weighted by atomic mass is 16.3. The van der Waals surface area contributed by atoms with Crippen LogP contribution in [0, 0.1) is 40.9 Å². The molecule has 0 unspecified atom stereocenters. The highest BCUT2D eigenvalue weighted by Crippen LogP contribution is 2.67. The van der Waals surface area contributed by atoms with Crippen LogP contribution >= 0.6 is 0 Å². The van der Waals surface area contributed by atoms with Gasteiger partial charge in [-0.3, -0.25) is 4.79 Å². The number of rotatable bonds is 0. The molecule has 0 aromatic rings. The predicted octanol–water partition coefficient (Wildman–Crippen LogP) is 4.05. The van der Waals surface area contributed by atoms with Crippen molar-refractivity contribution >= 4 is 5.78 Å². The van der Waals surface area contributed by atoms with Crippen LogP contribution in [0.2, 0.25) is 0 Å². The van der Waals surface area contributed by atoms with E-state index in [1.807, 2.05) is 6.08 Å². The summed E-state index contributed by atoms with van der Waals surface area (Å²) in [7, 11) is 0. The van der Waals surface area contributed by atoms with Gasteiger partial charge < -0.3 is 5.11 Å². The fraction of sp³-hybridized carbons (Fsp3) is 0.682. The molecular formula is C22H28O2. The summed E-state index contributed by atoms with van der Waals surface area (Å²) in [5.41, 5.74) is 1.31. The van der Waals surface area contributed by atoms with Gasteiger partial charge in [0.25, 0.3) is 0 Å². The molecule has 0 bridgehead atoms. The maximum Gasteiger partial charge on any atom is 0.156 e. The molecule has 0 radical (unpaired) electrons. The van der Waals surface area contributed by atoms with Gasteiger partial charge in [0.05, 0.1) is 0 Å². The SMILES string of the molecule is C#C[C@]1(O)CC[C@H]2[C@@H]3CC(=C)C4=CC(=O)CC[C@]4(C)[C@H]3CC[C@@]21C. The van der Waals surface area contributed by atoms with Crippen LogP contribution in [-0.2, 0) is 4.79 Å².